The fraction of sp³-hybridized carbons (Fsp3) is 0.605. The number of aliphatic hydroxyl groups excluding tert-OH is 1. The van der Waals surface area contributed by atoms with Gasteiger partial charge in [0.2, 0.25) is 5.91 Å². The molecule has 11 heteroatoms. The number of aliphatic hydroxyl groups is 1. The number of fused-ring (bicyclic) bond motifs is 3. The molecule has 5 fully saturated rings. The molecular formula is C38H50N6O5. The summed E-state index contributed by atoms with van der Waals surface area (Å²) in [5.41, 5.74) is 5.17. The van der Waals surface area contributed by atoms with Crippen molar-refractivity contribution in [1.82, 2.24) is 24.9 Å². The van der Waals surface area contributed by atoms with Crippen LogP contribution in [0.15, 0.2) is 42.9 Å². The van der Waals surface area contributed by atoms with Crippen molar-refractivity contribution in [2.75, 3.05) is 31.6 Å². The number of aryl methyl sites for hydroxylation is 1. The standard InChI is InChI=1S/C38H50N6O5/c1-25(2)44-21-28(19-40-44)33-18-30(20-39-41-33)43(35(46)27-5-8-32(9-6-27)49-36(47)42-22-31(45)23-42)24-37-11-14-38(15-12-37,16-13-37)29-7-10-34(48-4)26(3)17-29/h7,10,17-21,25,27,31-32,45H,5-6,8-9,11-16,22-24H2,1-4H3/t27-,32-,37?,38?. The number of carbonyl (C=O) groups is 2. The Hall–Kier alpha value is -3.99. The monoisotopic (exact) mass is 670 g/mol. The molecule has 2 aromatic heterocycles. The molecule has 1 N–H and O–H groups in total. The number of ether oxygens (including phenoxy) is 2. The summed E-state index contributed by atoms with van der Waals surface area (Å²) in [6.45, 7) is 7.60. The fourth-order valence-corrected chi connectivity index (χ4v) is 8.64. The molecule has 262 valence electrons. The van der Waals surface area contributed by atoms with Crippen LogP contribution in [0.5, 0.6) is 5.75 Å². The van der Waals surface area contributed by atoms with Gasteiger partial charge in [-0.05, 0) is 119 Å². The Kier molecular flexibility index (Phi) is 9.15. The Bertz CT molecular complexity index is 1650. The number of aromatic nitrogens is 4. The first-order chi connectivity index (χ1) is 23.6. The molecule has 3 heterocycles. The van der Waals surface area contributed by atoms with Crippen molar-refractivity contribution in [3.63, 3.8) is 0 Å². The predicted molar refractivity (Wildman–Crippen MR) is 185 cm³/mol. The highest BCUT2D eigenvalue weighted by Crippen LogP contribution is 2.58. The van der Waals surface area contributed by atoms with E-state index in [9.17, 15) is 14.7 Å². The minimum absolute atomic E-state index is 0.0411. The predicted octanol–water partition coefficient (Wildman–Crippen LogP) is 6.24. The Balaban J connectivity index is 1.10. The van der Waals surface area contributed by atoms with E-state index in [0.717, 1.165) is 55.5 Å². The molecule has 0 atom stereocenters. The Morgan fingerprint density at radius 2 is 1.73 bits per heavy atom. The van der Waals surface area contributed by atoms with Crippen LogP contribution in [0.2, 0.25) is 0 Å². The second-order valence-electron chi connectivity index (χ2n) is 15.4. The molecule has 8 rings (SSSR count). The van der Waals surface area contributed by atoms with Crippen molar-refractivity contribution in [3.05, 3.63) is 54.0 Å². The average Bonchev–Trinajstić information content (AvgIpc) is 3.61. The molecule has 4 aliphatic carbocycles. The molecule has 2 amide bonds. The molecule has 49 heavy (non-hydrogen) atoms. The molecule has 4 saturated carbocycles. The van der Waals surface area contributed by atoms with Crippen molar-refractivity contribution >= 4 is 17.7 Å². The summed E-state index contributed by atoms with van der Waals surface area (Å²) < 4.78 is 13.2. The second kappa shape index (κ2) is 13.4. The van der Waals surface area contributed by atoms with Gasteiger partial charge >= 0.3 is 6.09 Å². The van der Waals surface area contributed by atoms with E-state index in [2.05, 4.69) is 54.3 Å². The van der Waals surface area contributed by atoms with E-state index in [0.29, 0.717) is 51.0 Å². The van der Waals surface area contributed by atoms with E-state index in [1.807, 2.05) is 28.0 Å². The molecular weight excluding hydrogens is 620 g/mol. The van der Waals surface area contributed by atoms with Crippen LogP contribution in [0, 0.1) is 18.3 Å². The number of carbonyl (C=O) groups excluding carboxylic acids is 2. The summed E-state index contributed by atoms with van der Waals surface area (Å²) in [7, 11) is 1.73. The lowest BCUT2D eigenvalue weighted by atomic mass is 9.51. The van der Waals surface area contributed by atoms with Crippen LogP contribution >= 0.6 is 0 Å². The van der Waals surface area contributed by atoms with Crippen LogP contribution in [-0.2, 0) is 14.9 Å². The number of nitrogens with zero attached hydrogens (tertiary/aromatic N) is 6. The zero-order valence-electron chi connectivity index (χ0n) is 29.3. The smallest absolute Gasteiger partial charge is 0.410 e. The fourth-order valence-electron chi connectivity index (χ4n) is 8.64. The first-order valence-corrected chi connectivity index (χ1v) is 18.0. The van der Waals surface area contributed by atoms with Crippen LogP contribution in [0.1, 0.15) is 95.2 Å². The summed E-state index contributed by atoms with van der Waals surface area (Å²) in [6.07, 6.45) is 13.7. The minimum Gasteiger partial charge on any atom is -0.496 e. The van der Waals surface area contributed by atoms with Gasteiger partial charge in [-0.3, -0.25) is 9.48 Å². The van der Waals surface area contributed by atoms with Crippen molar-refractivity contribution in [2.24, 2.45) is 11.3 Å². The molecule has 1 aromatic carbocycles. The number of anilines is 1. The molecule has 0 radical (unpaired) electrons. The maximum absolute atomic E-state index is 14.6. The van der Waals surface area contributed by atoms with Gasteiger partial charge in [0.1, 0.15) is 11.9 Å². The van der Waals surface area contributed by atoms with E-state index in [-0.39, 0.29) is 40.9 Å². The van der Waals surface area contributed by atoms with Crippen molar-refractivity contribution in [3.8, 4) is 17.0 Å². The third kappa shape index (κ3) is 6.66. The van der Waals surface area contributed by atoms with Gasteiger partial charge < -0.3 is 24.4 Å². The molecule has 0 spiro atoms. The molecule has 2 bridgehead atoms. The Labute approximate surface area is 289 Å². The van der Waals surface area contributed by atoms with Gasteiger partial charge in [-0.25, -0.2) is 4.79 Å². The summed E-state index contributed by atoms with van der Waals surface area (Å²) in [5.74, 6) is 0.890. The maximum Gasteiger partial charge on any atom is 0.410 e. The van der Waals surface area contributed by atoms with E-state index < -0.39 is 6.10 Å². The number of methoxy groups -OCH3 is 1. The lowest BCUT2D eigenvalue weighted by Crippen LogP contribution is -2.54. The Morgan fingerprint density at radius 3 is 2.35 bits per heavy atom. The largest absolute Gasteiger partial charge is 0.496 e. The number of likely N-dealkylation sites (tertiary alicyclic amines) is 1. The van der Waals surface area contributed by atoms with Gasteiger partial charge in [0.25, 0.3) is 0 Å². The quantitative estimate of drug-likeness (QED) is 0.284. The molecule has 11 nitrogen and oxygen atoms in total. The third-order valence-corrected chi connectivity index (χ3v) is 12.0. The summed E-state index contributed by atoms with van der Waals surface area (Å²) in [4.78, 5) is 30.6. The molecule has 5 aliphatic rings. The second-order valence-corrected chi connectivity index (χ2v) is 15.4. The van der Waals surface area contributed by atoms with Gasteiger partial charge in [0.05, 0.1) is 50.1 Å². The van der Waals surface area contributed by atoms with Gasteiger partial charge in [-0.1, -0.05) is 12.1 Å². The highest BCUT2D eigenvalue weighted by Gasteiger charge is 2.51. The number of benzene rings is 1. The Morgan fingerprint density at radius 1 is 1.02 bits per heavy atom. The normalized spacial score (nSPS) is 26.8. The average molecular weight is 671 g/mol. The number of β-amino-alcohol motifs (C(OH)–C–C–N with tert-alkyl or cyclic N) is 1. The SMILES string of the molecule is COc1ccc(C23CCC(CN(c4cnnc(-c5cnn(C(C)C)c5)c4)C(=O)[C@H]4CC[C@H](OC(=O)N5CC(O)C5)CC4)(CC2)CC3)cc1C. The third-order valence-electron chi connectivity index (χ3n) is 12.0. The van der Waals surface area contributed by atoms with E-state index >= 15 is 0 Å². The van der Waals surface area contributed by atoms with Crippen LogP contribution in [0.25, 0.3) is 11.3 Å². The minimum atomic E-state index is -0.461. The molecule has 1 saturated heterocycles. The lowest BCUT2D eigenvalue weighted by molar-refractivity contribution is -0.124. The molecule has 1 aliphatic heterocycles. The van der Waals surface area contributed by atoms with Crippen molar-refractivity contribution < 1.29 is 24.2 Å². The number of amides is 2. The topological polar surface area (TPSA) is 123 Å². The molecule has 3 aromatic rings. The highest BCUT2D eigenvalue weighted by molar-refractivity contribution is 5.95. The van der Waals surface area contributed by atoms with Crippen LogP contribution in [0.4, 0.5) is 10.5 Å². The first-order valence-electron chi connectivity index (χ1n) is 18.0. The lowest BCUT2D eigenvalue weighted by Gasteiger charge is -2.55. The van der Waals surface area contributed by atoms with Gasteiger partial charge in [-0.15, -0.1) is 0 Å². The summed E-state index contributed by atoms with van der Waals surface area (Å²) >= 11 is 0. The zero-order valence-corrected chi connectivity index (χ0v) is 29.3. The zero-order chi connectivity index (χ0) is 34.3. The highest BCUT2D eigenvalue weighted by atomic mass is 16.6. The summed E-state index contributed by atoms with van der Waals surface area (Å²) in [6, 6.07) is 8.90. The van der Waals surface area contributed by atoms with E-state index in [1.165, 1.54) is 16.0 Å². The van der Waals surface area contributed by atoms with Crippen LogP contribution in [-0.4, -0.2) is 80.9 Å². The first kappa shape index (κ1) is 33.5. The van der Waals surface area contributed by atoms with Crippen LogP contribution in [0.3, 0.4) is 0 Å². The van der Waals surface area contributed by atoms with Crippen molar-refractivity contribution in [2.45, 2.75) is 109 Å². The maximum atomic E-state index is 14.6. The summed E-state index contributed by atoms with van der Waals surface area (Å²) in [5, 5.41) is 22.9. The van der Waals surface area contributed by atoms with Gasteiger partial charge in [-0.2, -0.15) is 15.3 Å². The van der Waals surface area contributed by atoms with Crippen LogP contribution < -0.4 is 9.64 Å². The number of hydrogen-bond acceptors (Lipinski definition) is 8. The number of rotatable bonds is 9. The van der Waals surface area contributed by atoms with Crippen molar-refractivity contribution in [1.29, 1.82) is 0 Å². The molecule has 0 unspecified atom stereocenters. The van der Waals surface area contributed by atoms with E-state index in [4.69, 9.17) is 9.47 Å². The number of hydrogen-bond donors (Lipinski definition) is 1. The van der Waals surface area contributed by atoms with Gasteiger partial charge in [0.15, 0.2) is 0 Å². The van der Waals surface area contributed by atoms with E-state index in [1.54, 1.807) is 13.3 Å². The van der Waals surface area contributed by atoms with Gasteiger partial charge in [0, 0.05) is 30.3 Å².